The van der Waals surface area contributed by atoms with Crippen molar-refractivity contribution < 1.29 is 9.90 Å². The van der Waals surface area contributed by atoms with Gasteiger partial charge in [0.05, 0.1) is 5.56 Å². The molecule has 0 aromatic heterocycles. The average Bonchev–Trinajstić information content (AvgIpc) is 2.29. The Balaban J connectivity index is 2.29. The summed E-state index contributed by atoms with van der Waals surface area (Å²) in [6.07, 6.45) is 3.26. The van der Waals surface area contributed by atoms with Crippen LogP contribution < -0.4 is 11.1 Å². The zero-order chi connectivity index (χ0) is 11.8. The highest BCUT2D eigenvalue weighted by Crippen LogP contribution is 2.09. The van der Waals surface area contributed by atoms with E-state index in [1.165, 1.54) is 0 Å². The van der Waals surface area contributed by atoms with Gasteiger partial charge in [0.1, 0.15) is 0 Å². The van der Waals surface area contributed by atoms with E-state index < -0.39 is 5.97 Å². The second kappa shape index (κ2) is 6.85. The number of nitrogens with two attached hydrogens (primary N) is 1. The van der Waals surface area contributed by atoms with E-state index in [0.717, 1.165) is 38.0 Å². The van der Waals surface area contributed by atoms with Crippen molar-refractivity contribution in [3.63, 3.8) is 0 Å². The van der Waals surface area contributed by atoms with Crippen molar-refractivity contribution in [2.45, 2.75) is 19.3 Å². The summed E-state index contributed by atoms with van der Waals surface area (Å²) in [7, 11) is 0. The minimum Gasteiger partial charge on any atom is -0.478 e. The number of unbranched alkanes of at least 4 members (excludes halogenated alkanes) is 2. The number of rotatable bonds is 7. The van der Waals surface area contributed by atoms with E-state index in [9.17, 15) is 4.79 Å². The van der Waals surface area contributed by atoms with Gasteiger partial charge in [-0.05, 0) is 43.7 Å². The normalized spacial score (nSPS) is 10.1. The number of hydrogen-bond donors (Lipinski definition) is 3. The fourth-order valence-electron chi connectivity index (χ4n) is 1.41. The van der Waals surface area contributed by atoms with Gasteiger partial charge in [-0.2, -0.15) is 0 Å². The van der Waals surface area contributed by atoms with E-state index in [-0.39, 0.29) is 0 Å². The lowest BCUT2D eigenvalue weighted by molar-refractivity contribution is 0.0697. The second-order valence-corrected chi connectivity index (χ2v) is 3.66. The molecule has 4 heteroatoms. The molecule has 1 aromatic carbocycles. The molecule has 0 unspecified atom stereocenters. The monoisotopic (exact) mass is 222 g/mol. The van der Waals surface area contributed by atoms with Crippen LogP contribution in [0, 0.1) is 0 Å². The van der Waals surface area contributed by atoms with Gasteiger partial charge in [0.25, 0.3) is 0 Å². The number of carbonyl (C=O) groups is 1. The Labute approximate surface area is 95.5 Å². The summed E-state index contributed by atoms with van der Waals surface area (Å²) >= 11 is 0. The van der Waals surface area contributed by atoms with Crippen molar-refractivity contribution >= 4 is 11.7 Å². The van der Waals surface area contributed by atoms with E-state index in [1.807, 2.05) is 0 Å². The summed E-state index contributed by atoms with van der Waals surface area (Å²) in [5.74, 6) is -0.894. The van der Waals surface area contributed by atoms with Gasteiger partial charge in [-0.3, -0.25) is 0 Å². The van der Waals surface area contributed by atoms with Gasteiger partial charge >= 0.3 is 5.97 Å². The Morgan fingerprint density at radius 1 is 1.19 bits per heavy atom. The number of aromatic carboxylic acids is 1. The number of anilines is 1. The van der Waals surface area contributed by atoms with Gasteiger partial charge in [-0.15, -0.1) is 0 Å². The predicted octanol–water partition coefficient (Wildman–Crippen LogP) is 1.93. The Hall–Kier alpha value is -1.55. The van der Waals surface area contributed by atoms with Crippen LogP contribution in [0.15, 0.2) is 24.3 Å². The Morgan fingerprint density at radius 3 is 2.44 bits per heavy atom. The Kier molecular flexibility index (Phi) is 5.36. The molecule has 4 N–H and O–H groups in total. The van der Waals surface area contributed by atoms with Crippen molar-refractivity contribution in [3.8, 4) is 0 Å². The van der Waals surface area contributed by atoms with Gasteiger partial charge in [0, 0.05) is 12.2 Å². The molecule has 1 rings (SSSR count). The molecule has 0 saturated carbocycles. The standard InChI is InChI=1S/C12H18N2O2/c13-8-2-1-3-9-14-11-6-4-10(5-7-11)12(15)16/h4-7,14H,1-3,8-9,13H2,(H,15,16). The summed E-state index contributed by atoms with van der Waals surface area (Å²) in [6, 6.07) is 6.77. The van der Waals surface area contributed by atoms with Gasteiger partial charge in [-0.25, -0.2) is 4.79 Å². The lowest BCUT2D eigenvalue weighted by atomic mass is 10.2. The van der Waals surface area contributed by atoms with Crippen molar-refractivity contribution in [2.75, 3.05) is 18.4 Å². The third-order valence-corrected chi connectivity index (χ3v) is 2.34. The van der Waals surface area contributed by atoms with Crippen molar-refractivity contribution in [3.05, 3.63) is 29.8 Å². The summed E-state index contributed by atoms with van der Waals surface area (Å²) < 4.78 is 0. The van der Waals surface area contributed by atoms with Crippen LogP contribution in [0.1, 0.15) is 29.6 Å². The van der Waals surface area contributed by atoms with Crippen molar-refractivity contribution in [1.82, 2.24) is 0 Å². The lowest BCUT2D eigenvalue weighted by Crippen LogP contribution is -2.04. The summed E-state index contributed by atoms with van der Waals surface area (Å²) in [6.45, 7) is 1.64. The maximum Gasteiger partial charge on any atom is 0.335 e. The minimum atomic E-state index is -0.894. The average molecular weight is 222 g/mol. The number of carboxylic acids is 1. The highest BCUT2D eigenvalue weighted by molar-refractivity contribution is 5.87. The number of benzene rings is 1. The van der Waals surface area contributed by atoms with Crippen molar-refractivity contribution in [1.29, 1.82) is 0 Å². The zero-order valence-corrected chi connectivity index (χ0v) is 9.28. The second-order valence-electron chi connectivity index (χ2n) is 3.66. The molecule has 0 aliphatic carbocycles. The molecule has 16 heavy (non-hydrogen) atoms. The Morgan fingerprint density at radius 2 is 1.88 bits per heavy atom. The molecule has 0 aliphatic heterocycles. The molecule has 0 bridgehead atoms. The van der Waals surface area contributed by atoms with Crippen LogP contribution in [0.5, 0.6) is 0 Å². The van der Waals surface area contributed by atoms with Crippen LogP contribution in [-0.2, 0) is 0 Å². The first-order chi connectivity index (χ1) is 7.74. The van der Waals surface area contributed by atoms with Gasteiger partial charge < -0.3 is 16.2 Å². The fraction of sp³-hybridized carbons (Fsp3) is 0.417. The van der Waals surface area contributed by atoms with E-state index in [4.69, 9.17) is 10.8 Å². The lowest BCUT2D eigenvalue weighted by Gasteiger charge is -2.06. The predicted molar refractivity (Wildman–Crippen MR) is 64.8 cm³/mol. The van der Waals surface area contributed by atoms with E-state index in [1.54, 1.807) is 24.3 Å². The van der Waals surface area contributed by atoms with Crippen LogP contribution in [0.25, 0.3) is 0 Å². The van der Waals surface area contributed by atoms with E-state index in [0.29, 0.717) is 5.56 Å². The highest BCUT2D eigenvalue weighted by atomic mass is 16.4. The summed E-state index contributed by atoms with van der Waals surface area (Å²) in [4.78, 5) is 10.6. The third kappa shape index (κ3) is 4.31. The van der Waals surface area contributed by atoms with Gasteiger partial charge in [0.2, 0.25) is 0 Å². The molecule has 0 spiro atoms. The SMILES string of the molecule is NCCCCCNc1ccc(C(=O)O)cc1. The van der Waals surface area contributed by atoms with Crippen LogP contribution >= 0.6 is 0 Å². The first-order valence-electron chi connectivity index (χ1n) is 5.51. The molecule has 0 fully saturated rings. The first-order valence-corrected chi connectivity index (χ1v) is 5.51. The molecule has 88 valence electrons. The minimum absolute atomic E-state index is 0.314. The Bertz CT molecular complexity index is 322. The molecule has 0 radical (unpaired) electrons. The number of hydrogen-bond acceptors (Lipinski definition) is 3. The summed E-state index contributed by atoms with van der Waals surface area (Å²) in [5.41, 5.74) is 6.66. The van der Waals surface area contributed by atoms with Crippen molar-refractivity contribution in [2.24, 2.45) is 5.73 Å². The van der Waals surface area contributed by atoms with Gasteiger partial charge in [0.15, 0.2) is 0 Å². The van der Waals surface area contributed by atoms with Crippen LogP contribution in [0.3, 0.4) is 0 Å². The van der Waals surface area contributed by atoms with Crippen LogP contribution in [0.4, 0.5) is 5.69 Å². The molecule has 0 atom stereocenters. The van der Waals surface area contributed by atoms with Gasteiger partial charge in [-0.1, -0.05) is 6.42 Å². The van der Waals surface area contributed by atoms with E-state index in [2.05, 4.69) is 5.32 Å². The molecule has 0 amide bonds. The zero-order valence-electron chi connectivity index (χ0n) is 9.28. The number of carboxylic acid groups (broad SMARTS) is 1. The first kappa shape index (κ1) is 12.5. The molecule has 0 heterocycles. The topological polar surface area (TPSA) is 75.3 Å². The number of nitrogens with one attached hydrogen (secondary N) is 1. The maximum atomic E-state index is 10.6. The molecule has 1 aromatic rings. The summed E-state index contributed by atoms with van der Waals surface area (Å²) in [5, 5.41) is 12.0. The smallest absolute Gasteiger partial charge is 0.335 e. The maximum absolute atomic E-state index is 10.6. The molecular weight excluding hydrogens is 204 g/mol. The van der Waals surface area contributed by atoms with Crippen LogP contribution in [-0.4, -0.2) is 24.2 Å². The molecule has 4 nitrogen and oxygen atoms in total. The quantitative estimate of drug-likeness (QED) is 0.616. The van der Waals surface area contributed by atoms with Crippen LogP contribution in [0.2, 0.25) is 0 Å². The largest absolute Gasteiger partial charge is 0.478 e. The fourth-order valence-corrected chi connectivity index (χ4v) is 1.41. The highest BCUT2D eigenvalue weighted by Gasteiger charge is 2.00. The molecule has 0 aliphatic rings. The molecular formula is C12H18N2O2. The third-order valence-electron chi connectivity index (χ3n) is 2.34. The molecule has 0 saturated heterocycles. The van der Waals surface area contributed by atoms with E-state index >= 15 is 0 Å².